The van der Waals surface area contributed by atoms with E-state index in [1.165, 1.54) is 22.3 Å². The fourth-order valence-corrected chi connectivity index (χ4v) is 3.07. The van der Waals surface area contributed by atoms with E-state index in [9.17, 15) is 0 Å². The maximum Gasteiger partial charge on any atom is 0.0446 e. The summed E-state index contributed by atoms with van der Waals surface area (Å²) >= 11 is 6.32. The molecule has 0 saturated heterocycles. The van der Waals surface area contributed by atoms with Gasteiger partial charge < -0.3 is 5.73 Å². The molecule has 2 atom stereocenters. The van der Waals surface area contributed by atoms with Crippen LogP contribution in [-0.4, -0.2) is 0 Å². The number of hydrogen-bond donors (Lipinski definition) is 1. The molecule has 2 rings (SSSR count). The summed E-state index contributed by atoms with van der Waals surface area (Å²) in [5, 5.41) is 0.899. The summed E-state index contributed by atoms with van der Waals surface area (Å²) in [7, 11) is 0. The molecule has 0 bridgehead atoms. The number of fused-ring (bicyclic) bond motifs is 1. The number of rotatable bonds is 0. The van der Waals surface area contributed by atoms with Crippen LogP contribution in [0.1, 0.15) is 54.0 Å². The summed E-state index contributed by atoms with van der Waals surface area (Å²) < 4.78 is 0. The van der Waals surface area contributed by atoms with Crippen molar-refractivity contribution >= 4 is 11.6 Å². The summed E-state index contributed by atoms with van der Waals surface area (Å²) in [6, 6.07) is 2.25. The number of halogens is 1. The SMILES string of the molecule is Cc1cc(Cl)c2c(c1C)C(N)CCC2C. The van der Waals surface area contributed by atoms with Gasteiger partial charge in [0.2, 0.25) is 0 Å². The zero-order chi connectivity index (χ0) is 11.2. The molecule has 0 fully saturated rings. The summed E-state index contributed by atoms with van der Waals surface area (Å²) in [5.74, 6) is 0.548. The Balaban J connectivity index is 2.71. The molecule has 2 heteroatoms. The minimum absolute atomic E-state index is 0.175. The molecule has 1 aliphatic rings. The van der Waals surface area contributed by atoms with Crippen LogP contribution in [0.4, 0.5) is 0 Å². The van der Waals surface area contributed by atoms with Crippen LogP contribution in [0.2, 0.25) is 5.02 Å². The lowest BCUT2D eigenvalue weighted by atomic mass is 9.78. The molecular formula is C13H18ClN. The van der Waals surface area contributed by atoms with Gasteiger partial charge in [0.15, 0.2) is 0 Å². The number of aryl methyl sites for hydroxylation is 1. The van der Waals surface area contributed by atoms with Crippen molar-refractivity contribution in [1.29, 1.82) is 0 Å². The van der Waals surface area contributed by atoms with Crippen molar-refractivity contribution in [2.75, 3.05) is 0 Å². The second-order valence-electron chi connectivity index (χ2n) is 4.71. The van der Waals surface area contributed by atoms with Crippen molar-refractivity contribution in [1.82, 2.24) is 0 Å². The largest absolute Gasteiger partial charge is 0.324 e. The van der Waals surface area contributed by atoms with Crippen LogP contribution >= 0.6 is 11.6 Å². The fraction of sp³-hybridized carbons (Fsp3) is 0.538. The summed E-state index contributed by atoms with van der Waals surface area (Å²) in [4.78, 5) is 0. The third-order valence-electron chi connectivity index (χ3n) is 3.66. The van der Waals surface area contributed by atoms with Gasteiger partial charge in [0.25, 0.3) is 0 Å². The van der Waals surface area contributed by atoms with Gasteiger partial charge in [0, 0.05) is 11.1 Å². The van der Waals surface area contributed by atoms with Crippen molar-refractivity contribution in [3.05, 3.63) is 33.3 Å². The third kappa shape index (κ3) is 1.68. The van der Waals surface area contributed by atoms with Gasteiger partial charge in [-0.2, -0.15) is 0 Å². The standard InChI is InChI=1S/C13H18ClN/c1-7-4-5-11(15)13-9(3)8(2)6-10(14)12(7)13/h6-7,11H,4-5,15H2,1-3H3. The second kappa shape index (κ2) is 3.80. The number of benzene rings is 1. The van der Waals surface area contributed by atoms with E-state index in [2.05, 4.69) is 26.8 Å². The van der Waals surface area contributed by atoms with Gasteiger partial charge in [-0.05, 0) is 60.9 Å². The highest BCUT2D eigenvalue weighted by atomic mass is 35.5. The molecule has 0 amide bonds. The van der Waals surface area contributed by atoms with E-state index in [0.717, 1.165) is 17.9 Å². The zero-order valence-electron chi connectivity index (χ0n) is 9.60. The molecule has 1 aromatic carbocycles. The van der Waals surface area contributed by atoms with Crippen LogP contribution in [0.5, 0.6) is 0 Å². The molecule has 0 radical (unpaired) electrons. The Kier molecular flexibility index (Phi) is 2.78. The first-order valence-corrected chi connectivity index (χ1v) is 5.95. The molecule has 1 aromatic rings. The van der Waals surface area contributed by atoms with E-state index < -0.39 is 0 Å². The van der Waals surface area contributed by atoms with Gasteiger partial charge in [-0.25, -0.2) is 0 Å². The Morgan fingerprint density at radius 1 is 1.27 bits per heavy atom. The Morgan fingerprint density at radius 2 is 1.93 bits per heavy atom. The van der Waals surface area contributed by atoms with Crippen molar-refractivity contribution in [2.24, 2.45) is 5.73 Å². The molecule has 0 heterocycles. The smallest absolute Gasteiger partial charge is 0.0446 e. The average molecular weight is 224 g/mol. The number of nitrogens with two attached hydrogens (primary N) is 1. The van der Waals surface area contributed by atoms with Crippen molar-refractivity contribution in [3.8, 4) is 0 Å². The highest BCUT2D eigenvalue weighted by Crippen LogP contribution is 2.42. The van der Waals surface area contributed by atoms with Crippen LogP contribution in [-0.2, 0) is 0 Å². The Morgan fingerprint density at radius 3 is 2.60 bits per heavy atom. The molecule has 2 unspecified atom stereocenters. The molecule has 2 N–H and O–H groups in total. The summed E-state index contributed by atoms with van der Waals surface area (Å²) in [5.41, 5.74) is 11.4. The second-order valence-corrected chi connectivity index (χ2v) is 5.12. The van der Waals surface area contributed by atoms with Gasteiger partial charge >= 0.3 is 0 Å². The molecule has 82 valence electrons. The molecule has 1 nitrogen and oxygen atoms in total. The highest BCUT2D eigenvalue weighted by Gasteiger charge is 2.26. The Bertz CT molecular complexity index is 398. The maximum atomic E-state index is 6.32. The van der Waals surface area contributed by atoms with Crippen LogP contribution in [0.15, 0.2) is 6.07 Å². The van der Waals surface area contributed by atoms with E-state index in [1.54, 1.807) is 0 Å². The van der Waals surface area contributed by atoms with E-state index in [0.29, 0.717) is 5.92 Å². The molecule has 0 saturated carbocycles. The van der Waals surface area contributed by atoms with Gasteiger partial charge in [-0.1, -0.05) is 18.5 Å². The van der Waals surface area contributed by atoms with Gasteiger partial charge in [0.1, 0.15) is 0 Å². The van der Waals surface area contributed by atoms with Crippen molar-refractivity contribution in [3.63, 3.8) is 0 Å². The van der Waals surface area contributed by atoms with Crippen LogP contribution in [0, 0.1) is 13.8 Å². The van der Waals surface area contributed by atoms with E-state index in [4.69, 9.17) is 17.3 Å². The number of hydrogen-bond acceptors (Lipinski definition) is 1. The van der Waals surface area contributed by atoms with Crippen LogP contribution in [0.25, 0.3) is 0 Å². The van der Waals surface area contributed by atoms with Crippen molar-refractivity contribution < 1.29 is 0 Å². The van der Waals surface area contributed by atoms with Gasteiger partial charge in [-0.15, -0.1) is 0 Å². The minimum Gasteiger partial charge on any atom is -0.324 e. The average Bonchev–Trinajstić information content (AvgIpc) is 2.18. The van der Waals surface area contributed by atoms with E-state index in [1.807, 2.05) is 0 Å². The first kappa shape index (κ1) is 11.0. The monoisotopic (exact) mass is 223 g/mol. The molecule has 15 heavy (non-hydrogen) atoms. The van der Waals surface area contributed by atoms with E-state index in [-0.39, 0.29) is 6.04 Å². The minimum atomic E-state index is 0.175. The maximum absolute atomic E-state index is 6.32. The molecule has 0 aromatic heterocycles. The lowest BCUT2D eigenvalue weighted by Crippen LogP contribution is -2.21. The first-order chi connectivity index (χ1) is 7.02. The topological polar surface area (TPSA) is 26.0 Å². The van der Waals surface area contributed by atoms with Crippen molar-refractivity contribution in [2.45, 2.75) is 45.6 Å². The molecule has 1 aliphatic carbocycles. The normalized spacial score (nSPS) is 25.1. The fourth-order valence-electron chi connectivity index (χ4n) is 2.62. The van der Waals surface area contributed by atoms with Gasteiger partial charge in [-0.3, -0.25) is 0 Å². The predicted octanol–water partition coefficient (Wildman–Crippen LogP) is 3.85. The van der Waals surface area contributed by atoms with Gasteiger partial charge in [0.05, 0.1) is 0 Å². The highest BCUT2D eigenvalue weighted by molar-refractivity contribution is 6.31. The van der Waals surface area contributed by atoms with Crippen LogP contribution in [0.3, 0.4) is 0 Å². The predicted molar refractivity (Wildman–Crippen MR) is 65.5 cm³/mol. The molecule has 0 aliphatic heterocycles. The summed E-state index contributed by atoms with van der Waals surface area (Å²) in [6.45, 7) is 6.50. The summed E-state index contributed by atoms with van der Waals surface area (Å²) in [6.07, 6.45) is 2.23. The zero-order valence-corrected chi connectivity index (χ0v) is 10.4. The Labute approximate surface area is 96.6 Å². The third-order valence-corrected chi connectivity index (χ3v) is 3.97. The van der Waals surface area contributed by atoms with E-state index >= 15 is 0 Å². The lowest BCUT2D eigenvalue weighted by molar-refractivity contribution is 0.511. The van der Waals surface area contributed by atoms with Crippen LogP contribution < -0.4 is 5.73 Å². The molecule has 0 spiro atoms. The quantitative estimate of drug-likeness (QED) is 0.710. The lowest BCUT2D eigenvalue weighted by Gasteiger charge is -2.30. The Hall–Kier alpha value is -0.530. The first-order valence-electron chi connectivity index (χ1n) is 5.57. The molecular weight excluding hydrogens is 206 g/mol.